The molecule has 0 aliphatic carbocycles. The first-order chi connectivity index (χ1) is 7.85. The van der Waals surface area contributed by atoms with E-state index in [1.165, 1.54) is 0 Å². The normalized spacial score (nSPS) is 12.9. The summed E-state index contributed by atoms with van der Waals surface area (Å²) in [7, 11) is 0. The van der Waals surface area contributed by atoms with E-state index in [1.807, 2.05) is 11.4 Å². The zero-order valence-electron chi connectivity index (χ0n) is 9.18. The van der Waals surface area contributed by atoms with Gasteiger partial charge in [-0.15, -0.1) is 11.3 Å². The van der Waals surface area contributed by atoms with E-state index in [0.29, 0.717) is 0 Å². The number of aliphatic hydroxyl groups excluding tert-OH is 1. The van der Waals surface area contributed by atoms with Gasteiger partial charge in [-0.2, -0.15) is 0 Å². The van der Waals surface area contributed by atoms with Crippen LogP contribution in [0.25, 0.3) is 10.2 Å². The smallest absolute Gasteiger partial charge is 0.138 e. The minimum atomic E-state index is 0.198. The van der Waals surface area contributed by atoms with E-state index in [4.69, 9.17) is 5.11 Å². The van der Waals surface area contributed by atoms with Crippen molar-refractivity contribution in [3.05, 3.63) is 17.8 Å². The summed E-state index contributed by atoms with van der Waals surface area (Å²) in [6.45, 7) is 2.29. The Balaban J connectivity index is 2.22. The highest BCUT2D eigenvalue weighted by Gasteiger charge is 2.09. The number of nitrogens with zero attached hydrogens (tertiary/aromatic N) is 2. The topological polar surface area (TPSA) is 58.0 Å². The number of aliphatic hydroxyl groups is 1. The van der Waals surface area contributed by atoms with Crippen LogP contribution in [0.4, 0.5) is 5.82 Å². The van der Waals surface area contributed by atoms with Crippen molar-refractivity contribution in [3.8, 4) is 0 Å². The zero-order valence-corrected chi connectivity index (χ0v) is 10.00. The molecule has 0 fully saturated rings. The van der Waals surface area contributed by atoms with Crippen molar-refractivity contribution in [1.82, 2.24) is 9.97 Å². The molecular weight excluding hydrogens is 222 g/mol. The molecule has 2 rings (SSSR count). The van der Waals surface area contributed by atoms with Crippen molar-refractivity contribution >= 4 is 27.4 Å². The van der Waals surface area contributed by atoms with E-state index in [2.05, 4.69) is 22.2 Å². The third-order valence-electron chi connectivity index (χ3n) is 2.57. The Bertz CT molecular complexity index is 457. The summed E-state index contributed by atoms with van der Waals surface area (Å²) in [4.78, 5) is 9.45. The second-order valence-corrected chi connectivity index (χ2v) is 4.52. The molecular formula is C11H15N3OS. The van der Waals surface area contributed by atoms with Crippen molar-refractivity contribution in [2.24, 2.45) is 0 Å². The van der Waals surface area contributed by atoms with Crippen LogP contribution in [0, 0.1) is 0 Å². The molecule has 5 heteroatoms. The lowest BCUT2D eigenvalue weighted by Crippen LogP contribution is -2.20. The average molecular weight is 237 g/mol. The first kappa shape index (κ1) is 11.3. The van der Waals surface area contributed by atoms with Crippen LogP contribution in [0.1, 0.15) is 19.8 Å². The van der Waals surface area contributed by atoms with Gasteiger partial charge >= 0.3 is 0 Å². The molecule has 0 aliphatic heterocycles. The Morgan fingerprint density at radius 2 is 2.38 bits per heavy atom. The Morgan fingerprint density at radius 1 is 1.50 bits per heavy atom. The van der Waals surface area contributed by atoms with Gasteiger partial charge in [-0.1, -0.05) is 6.92 Å². The van der Waals surface area contributed by atoms with Crippen LogP contribution in [0.5, 0.6) is 0 Å². The van der Waals surface area contributed by atoms with E-state index >= 15 is 0 Å². The molecule has 4 nitrogen and oxygen atoms in total. The van der Waals surface area contributed by atoms with Crippen LogP contribution in [-0.2, 0) is 0 Å². The Hall–Kier alpha value is -1.20. The van der Waals surface area contributed by atoms with Crippen LogP contribution < -0.4 is 5.32 Å². The van der Waals surface area contributed by atoms with Crippen molar-refractivity contribution in [1.29, 1.82) is 0 Å². The van der Waals surface area contributed by atoms with Gasteiger partial charge in [0.1, 0.15) is 17.0 Å². The van der Waals surface area contributed by atoms with E-state index in [0.717, 1.165) is 28.9 Å². The van der Waals surface area contributed by atoms with E-state index in [1.54, 1.807) is 17.7 Å². The minimum Gasteiger partial charge on any atom is -0.396 e. The highest BCUT2D eigenvalue weighted by molar-refractivity contribution is 7.16. The molecule has 0 saturated carbocycles. The highest BCUT2D eigenvalue weighted by Crippen LogP contribution is 2.24. The van der Waals surface area contributed by atoms with Crippen molar-refractivity contribution < 1.29 is 5.11 Å². The van der Waals surface area contributed by atoms with Crippen LogP contribution in [0.3, 0.4) is 0 Å². The molecule has 1 unspecified atom stereocenters. The lowest BCUT2D eigenvalue weighted by Gasteiger charge is -2.16. The minimum absolute atomic E-state index is 0.198. The van der Waals surface area contributed by atoms with Gasteiger partial charge in [0.05, 0.1) is 5.39 Å². The van der Waals surface area contributed by atoms with E-state index in [9.17, 15) is 0 Å². The van der Waals surface area contributed by atoms with Crippen LogP contribution in [0.2, 0.25) is 0 Å². The molecule has 0 aromatic carbocycles. The largest absolute Gasteiger partial charge is 0.396 e. The number of rotatable bonds is 5. The van der Waals surface area contributed by atoms with Crippen LogP contribution >= 0.6 is 11.3 Å². The predicted octanol–water partition coefficient (Wildman–Crippen LogP) is 2.26. The number of anilines is 1. The number of hydrogen-bond acceptors (Lipinski definition) is 5. The van der Waals surface area contributed by atoms with Gasteiger partial charge in [0.15, 0.2) is 0 Å². The summed E-state index contributed by atoms with van der Waals surface area (Å²) >= 11 is 1.61. The monoisotopic (exact) mass is 237 g/mol. The molecule has 0 amide bonds. The number of aromatic nitrogens is 2. The fraction of sp³-hybridized carbons (Fsp3) is 0.455. The Labute approximate surface area is 98.4 Å². The van der Waals surface area contributed by atoms with Gasteiger partial charge in [0.2, 0.25) is 0 Å². The maximum absolute atomic E-state index is 8.95. The highest BCUT2D eigenvalue weighted by atomic mass is 32.1. The fourth-order valence-corrected chi connectivity index (χ4v) is 2.37. The summed E-state index contributed by atoms with van der Waals surface area (Å²) in [6, 6.07) is 2.29. The summed E-state index contributed by atoms with van der Waals surface area (Å²) in [5.41, 5.74) is 0. The maximum Gasteiger partial charge on any atom is 0.138 e. The van der Waals surface area contributed by atoms with Crippen molar-refractivity contribution in [2.45, 2.75) is 25.8 Å². The summed E-state index contributed by atoms with van der Waals surface area (Å²) in [5.74, 6) is 0.867. The average Bonchev–Trinajstić information content (AvgIpc) is 2.77. The molecule has 2 aromatic heterocycles. The molecule has 0 aliphatic rings. The summed E-state index contributed by atoms with van der Waals surface area (Å²) in [6.07, 6.45) is 3.29. The van der Waals surface area contributed by atoms with Crippen molar-refractivity contribution in [3.63, 3.8) is 0 Å². The molecule has 2 N–H and O–H groups in total. The molecule has 0 bridgehead atoms. The second-order valence-electron chi connectivity index (χ2n) is 3.62. The van der Waals surface area contributed by atoms with Gasteiger partial charge < -0.3 is 10.4 Å². The standard InChI is InChI=1S/C11H15N3OS/c1-2-8(3-5-15)14-10-9-4-6-16-11(9)13-7-12-10/h4,6-8,15H,2-3,5H2,1H3,(H,12,13,14). The van der Waals surface area contributed by atoms with E-state index in [-0.39, 0.29) is 12.6 Å². The molecule has 0 spiro atoms. The number of thiophene rings is 1. The van der Waals surface area contributed by atoms with Gasteiger partial charge in [0, 0.05) is 12.6 Å². The molecule has 1 atom stereocenters. The number of nitrogens with one attached hydrogen (secondary N) is 1. The first-order valence-corrected chi connectivity index (χ1v) is 6.28. The zero-order chi connectivity index (χ0) is 11.4. The van der Waals surface area contributed by atoms with Crippen LogP contribution in [0.15, 0.2) is 17.8 Å². The van der Waals surface area contributed by atoms with Gasteiger partial charge in [-0.3, -0.25) is 0 Å². The first-order valence-electron chi connectivity index (χ1n) is 5.40. The molecule has 2 aromatic rings. The van der Waals surface area contributed by atoms with Gasteiger partial charge in [-0.05, 0) is 24.3 Å². The Kier molecular flexibility index (Phi) is 3.69. The van der Waals surface area contributed by atoms with E-state index < -0.39 is 0 Å². The molecule has 2 heterocycles. The third-order valence-corrected chi connectivity index (χ3v) is 3.39. The SMILES string of the molecule is CCC(CCO)Nc1ncnc2sccc12. The number of hydrogen-bond donors (Lipinski definition) is 2. The van der Waals surface area contributed by atoms with Crippen LogP contribution in [-0.4, -0.2) is 27.7 Å². The molecule has 0 saturated heterocycles. The Morgan fingerprint density at radius 3 is 3.12 bits per heavy atom. The third kappa shape index (κ3) is 2.31. The van der Waals surface area contributed by atoms with Gasteiger partial charge in [0.25, 0.3) is 0 Å². The summed E-state index contributed by atoms with van der Waals surface area (Å²) in [5, 5.41) is 15.4. The lowest BCUT2D eigenvalue weighted by atomic mass is 10.1. The maximum atomic E-state index is 8.95. The summed E-state index contributed by atoms with van der Waals surface area (Å²) < 4.78 is 0. The second kappa shape index (κ2) is 5.23. The quantitative estimate of drug-likeness (QED) is 0.837. The fourth-order valence-electron chi connectivity index (χ4n) is 1.63. The molecule has 86 valence electrons. The molecule has 0 radical (unpaired) electrons. The predicted molar refractivity (Wildman–Crippen MR) is 66.8 cm³/mol. The van der Waals surface area contributed by atoms with Gasteiger partial charge in [-0.25, -0.2) is 9.97 Å². The molecule has 16 heavy (non-hydrogen) atoms. The number of fused-ring (bicyclic) bond motifs is 1. The lowest BCUT2D eigenvalue weighted by molar-refractivity contribution is 0.278. The van der Waals surface area contributed by atoms with Crippen molar-refractivity contribution in [2.75, 3.05) is 11.9 Å².